The molecule has 5 heteroatoms. The van der Waals surface area contributed by atoms with Gasteiger partial charge >= 0.3 is 0 Å². The summed E-state index contributed by atoms with van der Waals surface area (Å²) in [6.07, 6.45) is 0.610. The number of carbonyl (C=O) groups excluding carboxylic acids is 2. The van der Waals surface area contributed by atoms with E-state index in [1.807, 2.05) is 43.3 Å². The van der Waals surface area contributed by atoms with Crippen LogP contribution >= 0.6 is 0 Å². The molecule has 1 atom stereocenters. The van der Waals surface area contributed by atoms with Crippen molar-refractivity contribution in [2.24, 2.45) is 5.73 Å². The monoisotopic (exact) mass is 323 g/mol. The number of aryl methyl sites for hydroxylation is 1. The lowest BCUT2D eigenvalue weighted by molar-refractivity contribution is -0.118. The second-order valence-corrected chi connectivity index (χ2v) is 6.04. The van der Waals surface area contributed by atoms with E-state index in [0.29, 0.717) is 25.1 Å². The van der Waals surface area contributed by atoms with Crippen LogP contribution in [0.5, 0.6) is 0 Å². The van der Waals surface area contributed by atoms with E-state index in [1.54, 1.807) is 17.0 Å². The molecular weight excluding hydrogens is 302 g/mol. The molecule has 2 aromatic rings. The van der Waals surface area contributed by atoms with E-state index >= 15 is 0 Å². The Kier molecular flexibility index (Phi) is 4.62. The van der Waals surface area contributed by atoms with Crippen molar-refractivity contribution < 1.29 is 9.59 Å². The van der Waals surface area contributed by atoms with Crippen molar-refractivity contribution >= 4 is 17.5 Å². The molecule has 0 spiro atoms. The maximum absolute atomic E-state index is 12.6. The van der Waals surface area contributed by atoms with Crippen molar-refractivity contribution in [3.8, 4) is 0 Å². The molecule has 1 aliphatic heterocycles. The normalized spacial score (nSPS) is 17.2. The van der Waals surface area contributed by atoms with Crippen LogP contribution in [0.1, 0.15) is 27.9 Å². The van der Waals surface area contributed by atoms with Gasteiger partial charge in [-0.3, -0.25) is 9.59 Å². The predicted molar refractivity (Wildman–Crippen MR) is 93.7 cm³/mol. The second kappa shape index (κ2) is 6.84. The Bertz CT molecular complexity index is 738. The minimum atomic E-state index is -0.479. The maximum Gasteiger partial charge on any atom is 0.251 e. The van der Waals surface area contributed by atoms with Crippen molar-refractivity contribution in [1.29, 1.82) is 0 Å². The summed E-state index contributed by atoms with van der Waals surface area (Å²) in [7, 11) is 0. The SMILES string of the molecule is Cc1ccc(N2CCC(NC(=O)c3ccc(CN)cc3)C2=O)cc1. The topological polar surface area (TPSA) is 75.4 Å². The van der Waals surface area contributed by atoms with Gasteiger partial charge in [-0.25, -0.2) is 0 Å². The third-order valence-corrected chi connectivity index (χ3v) is 4.31. The molecule has 3 N–H and O–H groups in total. The number of hydrogen-bond donors (Lipinski definition) is 2. The van der Waals surface area contributed by atoms with Gasteiger partial charge in [-0.2, -0.15) is 0 Å². The first-order valence-electron chi connectivity index (χ1n) is 8.06. The molecule has 2 amide bonds. The molecule has 1 saturated heterocycles. The standard InChI is InChI=1S/C19H21N3O2/c1-13-2-8-16(9-3-13)22-11-10-17(19(22)24)21-18(23)15-6-4-14(12-20)5-7-15/h2-9,17H,10-12,20H2,1H3,(H,21,23). The molecule has 124 valence electrons. The number of amides is 2. The van der Waals surface area contributed by atoms with Gasteiger partial charge in [0.05, 0.1) is 0 Å². The highest BCUT2D eigenvalue weighted by Crippen LogP contribution is 2.22. The number of rotatable bonds is 4. The summed E-state index contributed by atoms with van der Waals surface area (Å²) >= 11 is 0. The fourth-order valence-electron chi connectivity index (χ4n) is 2.83. The van der Waals surface area contributed by atoms with E-state index in [4.69, 9.17) is 5.73 Å². The van der Waals surface area contributed by atoms with Gasteiger partial charge in [0.2, 0.25) is 5.91 Å². The first-order chi connectivity index (χ1) is 11.6. The van der Waals surface area contributed by atoms with Crippen molar-refractivity contribution in [2.45, 2.75) is 25.9 Å². The van der Waals surface area contributed by atoms with Gasteiger partial charge in [-0.05, 0) is 43.2 Å². The summed E-state index contributed by atoms with van der Waals surface area (Å²) in [4.78, 5) is 26.6. The van der Waals surface area contributed by atoms with Crippen LogP contribution in [0.25, 0.3) is 0 Å². The summed E-state index contributed by atoms with van der Waals surface area (Å²) in [5.41, 5.74) is 9.08. The van der Waals surface area contributed by atoms with Gasteiger partial charge in [-0.1, -0.05) is 29.8 Å². The first-order valence-corrected chi connectivity index (χ1v) is 8.06. The highest BCUT2D eigenvalue weighted by atomic mass is 16.2. The average Bonchev–Trinajstić information content (AvgIpc) is 2.96. The fourth-order valence-corrected chi connectivity index (χ4v) is 2.83. The lowest BCUT2D eigenvalue weighted by Crippen LogP contribution is -2.41. The zero-order chi connectivity index (χ0) is 17.1. The molecule has 5 nitrogen and oxygen atoms in total. The summed E-state index contributed by atoms with van der Waals surface area (Å²) in [6.45, 7) is 3.06. The van der Waals surface area contributed by atoms with Crippen LogP contribution < -0.4 is 16.0 Å². The largest absolute Gasteiger partial charge is 0.340 e. The van der Waals surface area contributed by atoms with Crippen LogP contribution in [-0.2, 0) is 11.3 Å². The molecule has 0 aromatic heterocycles. The Labute approximate surface area is 141 Å². The molecule has 0 aliphatic carbocycles. The van der Waals surface area contributed by atoms with Crippen LogP contribution in [0.15, 0.2) is 48.5 Å². The fraction of sp³-hybridized carbons (Fsp3) is 0.263. The maximum atomic E-state index is 12.6. The van der Waals surface area contributed by atoms with Crippen LogP contribution in [0, 0.1) is 6.92 Å². The Morgan fingerprint density at radius 1 is 1.17 bits per heavy atom. The molecule has 0 radical (unpaired) electrons. The average molecular weight is 323 g/mol. The van der Waals surface area contributed by atoms with E-state index < -0.39 is 6.04 Å². The van der Waals surface area contributed by atoms with Crippen LogP contribution in [0.2, 0.25) is 0 Å². The zero-order valence-electron chi connectivity index (χ0n) is 13.7. The number of nitrogens with zero attached hydrogens (tertiary/aromatic N) is 1. The number of nitrogens with one attached hydrogen (secondary N) is 1. The molecular formula is C19H21N3O2. The minimum absolute atomic E-state index is 0.0641. The van der Waals surface area contributed by atoms with Gasteiger partial charge in [0.1, 0.15) is 6.04 Å². The molecule has 0 bridgehead atoms. The summed E-state index contributed by atoms with van der Waals surface area (Å²) in [5, 5.41) is 2.83. The molecule has 24 heavy (non-hydrogen) atoms. The third-order valence-electron chi connectivity index (χ3n) is 4.31. The third kappa shape index (κ3) is 3.31. The number of hydrogen-bond acceptors (Lipinski definition) is 3. The van der Waals surface area contributed by atoms with Gasteiger partial charge < -0.3 is 16.0 Å². The van der Waals surface area contributed by atoms with Gasteiger partial charge in [0.15, 0.2) is 0 Å². The van der Waals surface area contributed by atoms with E-state index in [0.717, 1.165) is 16.8 Å². The molecule has 2 aromatic carbocycles. The van der Waals surface area contributed by atoms with Gasteiger partial charge in [0.25, 0.3) is 5.91 Å². The Morgan fingerprint density at radius 3 is 2.46 bits per heavy atom. The van der Waals surface area contributed by atoms with Crippen molar-refractivity contribution in [1.82, 2.24) is 5.32 Å². The Hall–Kier alpha value is -2.66. The molecule has 0 saturated carbocycles. The second-order valence-electron chi connectivity index (χ2n) is 6.04. The minimum Gasteiger partial charge on any atom is -0.340 e. The van der Waals surface area contributed by atoms with Crippen LogP contribution in [-0.4, -0.2) is 24.4 Å². The molecule has 1 heterocycles. The number of carbonyl (C=O) groups is 2. The van der Waals surface area contributed by atoms with E-state index in [1.165, 1.54) is 0 Å². The molecule has 1 unspecified atom stereocenters. The Morgan fingerprint density at radius 2 is 1.83 bits per heavy atom. The van der Waals surface area contributed by atoms with Crippen LogP contribution in [0.3, 0.4) is 0 Å². The number of benzene rings is 2. The van der Waals surface area contributed by atoms with Crippen molar-refractivity contribution in [2.75, 3.05) is 11.4 Å². The van der Waals surface area contributed by atoms with E-state index in [-0.39, 0.29) is 11.8 Å². The van der Waals surface area contributed by atoms with Crippen molar-refractivity contribution in [3.63, 3.8) is 0 Å². The highest BCUT2D eigenvalue weighted by molar-refractivity contribution is 6.03. The first kappa shape index (κ1) is 16.2. The smallest absolute Gasteiger partial charge is 0.251 e. The van der Waals surface area contributed by atoms with Gasteiger partial charge in [-0.15, -0.1) is 0 Å². The van der Waals surface area contributed by atoms with E-state index in [9.17, 15) is 9.59 Å². The zero-order valence-corrected chi connectivity index (χ0v) is 13.7. The Balaban J connectivity index is 1.66. The lowest BCUT2D eigenvalue weighted by atomic mass is 10.1. The molecule has 1 fully saturated rings. The van der Waals surface area contributed by atoms with Gasteiger partial charge in [0, 0.05) is 24.3 Å². The summed E-state index contributed by atoms with van der Waals surface area (Å²) in [6, 6.07) is 14.5. The quantitative estimate of drug-likeness (QED) is 0.903. The molecule has 1 aliphatic rings. The summed E-state index contributed by atoms with van der Waals surface area (Å²) in [5.74, 6) is -0.298. The molecule has 3 rings (SSSR count). The number of nitrogens with two attached hydrogens (primary N) is 1. The number of anilines is 1. The van der Waals surface area contributed by atoms with Crippen LogP contribution in [0.4, 0.5) is 5.69 Å². The van der Waals surface area contributed by atoms with E-state index in [2.05, 4.69) is 5.32 Å². The van der Waals surface area contributed by atoms with Crippen molar-refractivity contribution in [3.05, 3.63) is 65.2 Å². The summed E-state index contributed by atoms with van der Waals surface area (Å²) < 4.78 is 0. The highest BCUT2D eigenvalue weighted by Gasteiger charge is 2.33. The predicted octanol–water partition coefficient (Wildman–Crippen LogP) is 1.99. The lowest BCUT2D eigenvalue weighted by Gasteiger charge is -2.17.